The van der Waals surface area contributed by atoms with Crippen LogP contribution in [-0.2, 0) is 19.4 Å². The first kappa shape index (κ1) is 19.9. The summed E-state index contributed by atoms with van der Waals surface area (Å²) in [5.41, 5.74) is 3.57. The highest BCUT2D eigenvalue weighted by atomic mass is 16.5. The van der Waals surface area contributed by atoms with Gasteiger partial charge in [-0.05, 0) is 48.7 Å². The van der Waals surface area contributed by atoms with Gasteiger partial charge in [-0.15, -0.1) is 0 Å². The van der Waals surface area contributed by atoms with Gasteiger partial charge in [0.05, 0.1) is 27.0 Å². The number of hydrogen-bond donors (Lipinski definition) is 1. The highest BCUT2D eigenvalue weighted by Gasteiger charge is 2.21. The maximum Gasteiger partial charge on any atom is 0.194 e. The van der Waals surface area contributed by atoms with E-state index in [-0.39, 0.29) is 0 Å². The summed E-state index contributed by atoms with van der Waals surface area (Å²) in [5, 5.41) is 3.48. The Hall–Kier alpha value is -2.89. The summed E-state index contributed by atoms with van der Waals surface area (Å²) < 4.78 is 16.3. The highest BCUT2D eigenvalue weighted by Crippen LogP contribution is 2.33. The second kappa shape index (κ2) is 9.35. The number of guanidine groups is 1. The van der Waals surface area contributed by atoms with Crippen molar-refractivity contribution in [2.75, 3.05) is 33.9 Å². The average molecular weight is 383 g/mol. The van der Waals surface area contributed by atoms with Gasteiger partial charge >= 0.3 is 0 Å². The summed E-state index contributed by atoms with van der Waals surface area (Å²) in [6, 6.07) is 8.05. The van der Waals surface area contributed by atoms with Crippen molar-refractivity contribution in [2.24, 2.45) is 4.99 Å². The second-order valence-electron chi connectivity index (χ2n) is 7.00. The fourth-order valence-corrected chi connectivity index (χ4v) is 3.29. The van der Waals surface area contributed by atoms with Crippen LogP contribution in [0.5, 0.6) is 11.5 Å². The molecule has 1 aromatic carbocycles. The average Bonchev–Trinajstić information content (AvgIpc) is 3.22. The number of hydrogen-bond acceptors (Lipinski definition) is 4. The zero-order valence-corrected chi connectivity index (χ0v) is 17.0. The molecule has 3 rings (SSSR count). The molecule has 0 unspecified atom stereocenters. The van der Waals surface area contributed by atoms with Crippen LogP contribution in [0.25, 0.3) is 0 Å². The highest BCUT2D eigenvalue weighted by molar-refractivity contribution is 5.80. The van der Waals surface area contributed by atoms with Gasteiger partial charge in [0.1, 0.15) is 5.76 Å². The summed E-state index contributed by atoms with van der Waals surface area (Å²) in [4.78, 5) is 7.04. The van der Waals surface area contributed by atoms with E-state index >= 15 is 0 Å². The van der Waals surface area contributed by atoms with Crippen molar-refractivity contribution in [1.82, 2.24) is 10.2 Å². The Labute approximate surface area is 166 Å². The Morgan fingerprint density at radius 3 is 2.64 bits per heavy atom. The van der Waals surface area contributed by atoms with Crippen LogP contribution in [0.3, 0.4) is 0 Å². The third kappa shape index (κ3) is 4.88. The Morgan fingerprint density at radius 2 is 2.00 bits per heavy atom. The summed E-state index contributed by atoms with van der Waals surface area (Å²) in [7, 11) is 3.34. The molecule has 1 aliphatic heterocycles. The molecule has 28 heavy (non-hydrogen) atoms. The number of aliphatic imine (C=N–C) groups is 1. The molecule has 6 heteroatoms. The van der Waals surface area contributed by atoms with Crippen molar-refractivity contribution in [3.63, 3.8) is 0 Å². The quantitative estimate of drug-likeness (QED) is 0.451. The predicted octanol–water partition coefficient (Wildman–Crippen LogP) is 3.42. The van der Waals surface area contributed by atoms with E-state index in [2.05, 4.69) is 28.9 Å². The van der Waals surface area contributed by atoms with Crippen LogP contribution in [0.4, 0.5) is 0 Å². The van der Waals surface area contributed by atoms with E-state index in [0.717, 1.165) is 61.3 Å². The molecule has 0 spiro atoms. The topological polar surface area (TPSA) is 59.2 Å². The van der Waals surface area contributed by atoms with Gasteiger partial charge in [0.2, 0.25) is 0 Å². The second-order valence-corrected chi connectivity index (χ2v) is 7.00. The van der Waals surface area contributed by atoms with Crippen LogP contribution in [-0.4, -0.2) is 44.7 Å². The van der Waals surface area contributed by atoms with E-state index in [1.165, 1.54) is 11.1 Å². The molecule has 0 saturated heterocycles. The third-order valence-electron chi connectivity index (χ3n) is 4.75. The fraction of sp³-hybridized carbons (Fsp3) is 0.409. The van der Waals surface area contributed by atoms with Crippen molar-refractivity contribution < 1.29 is 13.9 Å². The van der Waals surface area contributed by atoms with E-state index in [1.54, 1.807) is 20.5 Å². The summed E-state index contributed by atoms with van der Waals surface area (Å²) >= 11 is 0. The molecule has 0 bridgehead atoms. The molecule has 0 aliphatic carbocycles. The lowest BCUT2D eigenvalue weighted by Gasteiger charge is -2.32. The molecule has 0 amide bonds. The normalized spacial score (nSPS) is 13.8. The standard InChI is InChI=1S/C22H29N3O3/c1-16(2)14-24-22(23-9-7-19-6-5-11-28-19)25-10-8-17-12-20(26-3)21(27-4)13-18(17)15-25/h5-6,11-13H,1,7-10,14-15H2,2-4H3,(H,23,24). The molecule has 0 fully saturated rings. The maximum atomic E-state index is 5.47. The summed E-state index contributed by atoms with van der Waals surface area (Å²) in [5.74, 6) is 3.40. The lowest BCUT2D eigenvalue weighted by Crippen LogP contribution is -2.44. The van der Waals surface area contributed by atoms with Gasteiger partial charge in [0.15, 0.2) is 17.5 Å². The first-order valence-electron chi connectivity index (χ1n) is 9.54. The molecule has 6 nitrogen and oxygen atoms in total. The van der Waals surface area contributed by atoms with Crippen molar-refractivity contribution in [2.45, 2.75) is 26.3 Å². The number of rotatable bonds is 7. The summed E-state index contributed by atoms with van der Waals surface area (Å²) in [6.45, 7) is 9.01. The zero-order chi connectivity index (χ0) is 19.9. The SMILES string of the molecule is C=C(C)CN=C(NCCc1ccco1)N1CCc2cc(OC)c(OC)cc2C1. The minimum atomic E-state index is 0.610. The number of furan rings is 1. The maximum absolute atomic E-state index is 5.47. The number of nitrogens with one attached hydrogen (secondary N) is 1. The van der Waals surface area contributed by atoms with Gasteiger partial charge in [-0.25, -0.2) is 4.99 Å². The number of nitrogens with zero attached hydrogens (tertiary/aromatic N) is 2. The van der Waals surface area contributed by atoms with Crippen molar-refractivity contribution in [1.29, 1.82) is 0 Å². The van der Waals surface area contributed by atoms with Gasteiger partial charge in [0, 0.05) is 26.1 Å². The third-order valence-corrected chi connectivity index (χ3v) is 4.75. The molecule has 1 aromatic heterocycles. The number of benzene rings is 1. The molecule has 0 atom stereocenters. The minimum Gasteiger partial charge on any atom is -0.493 e. The van der Waals surface area contributed by atoms with Crippen molar-refractivity contribution in [3.8, 4) is 11.5 Å². The number of fused-ring (bicyclic) bond motifs is 1. The molecule has 1 aliphatic rings. The van der Waals surface area contributed by atoms with Crippen molar-refractivity contribution in [3.05, 3.63) is 59.6 Å². The van der Waals surface area contributed by atoms with Crippen LogP contribution in [0.1, 0.15) is 23.8 Å². The fourth-order valence-electron chi connectivity index (χ4n) is 3.29. The first-order chi connectivity index (χ1) is 13.6. The zero-order valence-electron chi connectivity index (χ0n) is 17.0. The van der Waals surface area contributed by atoms with E-state index in [0.29, 0.717) is 6.54 Å². The Balaban J connectivity index is 1.73. The smallest absolute Gasteiger partial charge is 0.194 e. The van der Waals surface area contributed by atoms with E-state index in [4.69, 9.17) is 18.9 Å². The Bertz CT molecular complexity index is 828. The van der Waals surface area contributed by atoms with Gasteiger partial charge in [0.25, 0.3) is 0 Å². The van der Waals surface area contributed by atoms with Gasteiger partial charge in [-0.2, -0.15) is 0 Å². The molecule has 1 N–H and O–H groups in total. The van der Waals surface area contributed by atoms with E-state index < -0.39 is 0 Å². The largest absolute Gasteiger partial charge is 0.493 e. The lowest BCUT2D eigenvalue weighted by molar-refractivity contribution is 0.345. The van der Waals surface area contributed by atoms with E-state index in [9.17, 15) is 0 Å². The molecular weight excluding hydrogens is 354 g/mol. The summed E-state index contributed by atoms with van der Waals surface area (Å²) in [6.07, 6.45) is 3.45. The Morgan fingerprint density at radius 1 is 1.25 bits per heavy atom. The molecule has 2 aromatic rings. The lowest BCUT2D eigenvalue weighted by atomic mass is 9.99. The van der Waals surface area contributed by atoms with Gasteiger partial charge in [-0.1, -0.05) is 12.2 Å². The minimum absolute atomic E-state index is 0.610. The van der Waals surface area contributed by atoms with Gasteiger partial charge < -0.3 is 24.1 Å². The van der Waals surface area contributed by atoms with E-state index in [1.807, 2.05) is 19.1 Å². The Kier molecular flexibility index (Phi) is 6.63. The predicted molar refractivity (Wildman–Crippen MR) is 111 cm³/mol. The first-order valence-corrected chi connectivity index (χ1v) is 9.54. The van der Waals surface area contributed by atoms with Crippen LogP contribution < -0.4 is 14.8 Å². The van der Waals surface area contributed by atoms with Crippen LogP contribution in [0, 0.1) is 0 Å². The number of ether oxygens (including phenoxy) is 2. The molecular formula is C22H29N3O3. The molecule has 0 saturated carbocycles. The van der Waals surface area contributed by atoms with Gasteiger partial charge in [-0.3, -0.25) is 0 Å². The molecule has 0 radical (unpaired) electrons. The van der Waals surface area contributed by atoms with Crippen LogP contribution >= 0.6 is 0 Å². The van der Waals surface area contributed by atoms with Crippen molar-refractivity contribution >= 4 is 5.96 Å². The monoisotopic (exact) mass is 383 g/mol. The molecule has 2 heterocycles. The van der Waals surface area contributed by atoms with Crippen LogP contribution in [0.15, 0.2) is 52.1 Å². The number of methoxy groups -OCH3 is 2. The molecule has 150 valence electrons. The van der Waals surface area contributed by atoms with Crippen LogP contribution in [0.2, 0.25) is 0 Å².